The van der Waals surface area contributed by atoms with Crippen molar-refractivity contribution in [2.24, 2.45) is 0 Å². The highest BCUT2D eigenvalue weighted by Gasteiger charge is 2.39. The summed E-state index contributed by atoms with van der Waals surface area (Å²) in [5.74, 6) is -0.784. The van der Waals surface area contributed by atoms with E-state index in [9.17, 15) is 18.8 Å². The van der Waals surface area contributed by atoms with Crippen LogP contribution >= 0.6 is 11.6 Å². The molecular formula is C16H17ClFN3O3. The molecule has 1 N–H and O–H groups in total. The molecule has 6 nitrogen and oxygen atoms in total. The molecule has 1 atom stereocenters. The van der Waals surface area contributed by atoms with Crippen molar-refractivity contribution in [2.75, 3.05) is 19.6 Å². The van der Waals surface area contributed by atoms with Crippen LogP contribution in [-0.4, -0.2) is 53.3 Å². The van der Waals surface area contributed by atoms with Gasteiger partial charge in [-0.1, -0.05) is 17.7 Å². The largest absolute Gasteiger partial charge is 0.341 e. The molecule has 24 heavy (non-hydrogen) atoms. The van der Waals surface area contributed by atoms with E-state index in [-0.39, 0.29) is 41.9 Å². The molecule has 0 aliphatic carbocycles. The number of urea groups is 1. The zero-order chi connectivity index (χ0) is 17.3. The van der Waals surface area contributed by atoms with E-state index in [1.165, 1.54) is 17.0 Å². The molecule has 3 rings (SSSR count). The van der Waals surface area contributed by atoms with Crippen LogP contribution in [0.25, 0.3) is 0 Å². The minimum absolute atomic E-state index is 0.0224. The summed E-state index contributed by atoms with van der Waals surface area (Å²) < 4.78 is 13.1. The lowest BCUT2D eigenvalue weighted by atomic mass is 10.1. The summed E-state index contributed by atoms with van der Waals surface area (Å²) in [7, 11) is 0. The fourth-order valence-electron chi connectivity index (χ4n) is 3.09. The zero-order valence-electron chi connectivity index (χ0n) is 12.9. The first-order valence-electron chi connectivity index (χ1n) is 7.77. The number of benzene rings is 1. The molecule has 128 valence electrons. The maximum Gasteiger partial charge on any atom is 0.324 e. The van der Waals surface area contributed by atoms with Crippen LogP contribution in [0, 0.1) is 5.82 Å². The number of aryl methyl sites for hydroxylation is 1. The molecular weight excluding hydrogens is 337 g/mol. The Morgan fingerprint density at radius 3 is 2.83 bits per heavy atom. The van der Waals surface area contributed by atoms with Crippen LogP contribution in [0.15, 0.2) is 18.2 Å². The van der Waals surface area contributed by atoms with Gasteiger partial charge < -0.3 is 10.2 Å². The third kappa shape index (κ3) is 3.36. The number of carbonyl (C=O) groups excluding carboxylic acids is 3. The maximum atomic E-state index is 13.1. The zero-order valence-corrected chi connectivity index (χ0v) is 13.7. The second-order valence-corrected chi connectivity index (χ2v) is 6.36. The number of likely N-dealkylation sites (tertiary alicyclic amines) is 1. The quantitative estimate of drug-likeness (QED) is 0.835. The predicted octanol–water partition coefficient (Wildman–Crippen LogP) is 1.56. The first-order valence-corrected chi connectivity index (χ1v) is 8.15. The van der Waals surface area contributed by atoms with E-state index in [4.69, 9.17) is 11.6 Å². The number of amides is 4. The Morgan fingerprint density at radius 2 is 2.17 bits per heavy atom. The van der Waals surface area contributed by atoms with Gasteiger partial charge in [0.25, 0.3) is 0 Å². The second-order valence-electron chi connectivity index (χ2n) is 5.95. The monoisotopic (exact) mass is 353 g/mol. The van der Waals surface area contributed by atoms with E-state index in [0.29, 0.717) is 25.9 Å². The van der Waals surface area contributed by atoms with Crippen molar-refractivity contribution >= 4 is 29.4 Å². The van der Waals surface area contributed by atoms with E-state index < -0.39 is 5.82 Å². The Balaban J connectivity index is 1.54. The number of hydrogen-bond acceptors (Lipinski definition) is 3. The average Bonchev–Trinajstić information content (AvgIpc) is 3.15. The highest BCUT2D eigenvalue weighted by molar-refractivity contribution is 6.30. The average molecular weight is 354 g/mol. The van der Waals surface area contributed by atoms with E-state index in [2.05, 4.69) is 5.32 Å². The number of nitrogens with one attached hydrogen (secondary N) is 1. The SMILES string of the molecule is O=C(CCc1ccc(F)c(Cl)c1)N1CCC(N2C(=O)CNC2=O)C1. The van der Waals surface area contributed by atoms with Crippen LogP contribution in [0.2, 0.25) is 5.02 Å². The van der Waals surface area contributed by atoms with Gasteiger partial charge in [-0.15, -0.1) is 0 Å². The van der Waals surface area contributed by atoms with Gasteiger partial charge in [-0.25, -0.2) is 9.18 Å². The highest BCUT2D eigenvalue weighted by atomic mass is 35.5. The number of carbonyl (C=O) groups is 3. The minimum Gasteiger partial charge on any atom is -0.341 e. The smallest absolute Gasteiger partial charge is 0.324 e. The van der Waals surface area contributed by atoms with Gasteiger partial charge in [0.1, 0.15) is 5.82 Å². The van der Waals surface area contributed by atoms with Gasteiger partial charge in [0, 0.05) is 19.5 Å². The van der Waals surface area contributed by atoms with E-state index in [1.807, 2.05) is 0 Å². The topological polar surface area (TPSA) is 69.7 Å². The third-order valence-electron chi connectivity index (χ3n) is 4.37. The summed E-state index contributed by atoms with van der Waals surface area (Å²) in [6, 6.07) is 3.76. The lowest BCUT2D eigenvalue weighted by Gasteiger charge is -2.21. The highest BCUT2D eigenvalue weighted by Crippen LogP contribution is 2.20. The lowest BCUT2D eigenvalue weighted by molar-refractivity contribution is -0.131. The minimum atomic E-state index is -0.484. The normalized spacial score (nSPS) is 20.7. The summed E-state index contributed by atoms with van der Waals surface area (Å²) in [5, 5.41) is 2.53. The van der Waals surface area contributed by atoms with Crippen LogP contribution in [0.1, 0.15) is 18.4 Å². The molecule has 2 heterocycles. The predicted molar refractivity (Wildman–Crippen MR) is 85.0 cm³/mol. The second kappa shape index (κ2) is 6.76. The van der Waals surface area contributed by atoms with Crippen molar-refractivity contribution in [3.63, 3.8) is 0 Å². The van der Waals surface area contributed by atoms with Crippen LogP contribution in [0.5, 0.6) is 0 Å². The molecule has 4 amide bonds. The van der Waals surface area contributed by atoms with Crippen LogP contribution in [0.4, 0.5) is 9.18 Å². The summed E-state index contributed by atoms with van der Waals surface area (Å²) >= 11 is 5.73. The molecule has 0 aromatic heterocycles. The molecule has 2 fully saturated rings. The van der Waals surface area contributed by atoms with Gasteiger partial charge in [0.05, 0.1) is 17.6 Å². The number of hydrogen-bond donors (Lipinski definition) is 1. The Bertz CT molecular complexity index is 681. The lowest BCUT2D eigenvalue weighted by Crippen LogP contribution is -2.42. The fraction of sp³-hybridized carbons (Fsp3) is 0.438. The Labute approximate surface area is 143 Å². The standard InChI is InChI=1S/C16H17ClFN3O3/c17-12-7-10(1-3-13(12)18)2-4-14(22)20-6-5-11(9-20)21-15(23)8-19-16(21)24/h1,3,7,11H,2,4-6,8-9H2,(H,19,24). The molecule has 2 saturated heterocycles. The van der Waals surface area contributed by atoms with E-state index in [0.717, 1.165) is 5.56 Å². The summed E-state index contributed by atoms with van der Waals surface area (Å²) in [5.41, 5.74) is 0.791. The van der Waals surface area contributed by atoms with E-state index >= 15 is 0 Å². The maximum absolute atomic E-state index is 13.1. The Kier molecular flexibility index (Phi) is 4.71. The fourth-order valence-corrected chi connectivity index (χ4v) is 3.29. The molecule has 0 saturated carbocycles. The first kappa shape index (κ1) is 16.7. The third-order valence-corrected chi connectivity index (χ3v) is 4.66. The number of nitrogens with zero attached hydrogens (tertiary/aromatic N) is 2. The van der Waals surface area contributed by atoms with Crippen molar-refractivity contribution < 1.29 is 18.8 Å². The van der Waals surface area contributed by atoms with Crippen LogP contribution in [-0.2, 0) is 16.0 Å². The van der Waals surface area contributed by atoms with Crippen molar-refractivity contribution in [3.8, 4) is 0 Å². The summed E-state index contributed by atoms with van der Waals surface area (Å²) in [4.78, 5) is 38.6. The number of imide groups is 1. The number of halogens is 2. The molecule has 0 radical (unpaired) electrons. The van der Waals surface area contributed by atoms with Crippen molar-refractivity contribution in [3.05, 3.63) is 34.6 Å². The van der Waals surface area contributed by atoms with Crippen LogP contribution < -0.4 is 5.32 Å². The molecule has 0 bridgehead atoms. The molecule has 2 aliphatic rings. The molecule has 2 aliphatic heterocycles. The van der Waals surface area contributed by atoms with Crippen LogP contribution in [0.3, 0.4) is 0 Å². The van der Waals surface area contributed by atoms with Gasteiger partial charge in [-0.05, 0) is 30.5 Å². The van der Waals surface area contributed by atoms with E-state index in [1.54, 1.807) is 11.0 Å². The van der Waals surface area contributed by atoms with Gasteiger partial charge in [-0.3, -0.25) is 14.5 Å². The molecule has 8 heteroatoms. The van der Waals surface area contributed by atoms with Gasteiger partial charge in [0.2, 0.25) is 11.8 Å². The van der Waals surface area contributed by atoms with Gasteiger partial charge in [-0.2, -0.15) is 0 Å². The summed E-state index contributed by atoms with van der Waals surface area (Å²) in [6.07, 6.45) is 1.32. The molecule has 1 aromatic carbocycles. The number of rotatable bonds is 4. The van der Waals surface area contributed by atoms with Gasteiger partial charge in [0.15, 0.2) is 0 Å². The molecule has 1 unspecified atom stereocenters. The van der Waals surface area contributed by atoms with Crippen molar-refractivity contribution in [1.82, 2.24) is 15.1 Å². The van der Waals surface area contributed by atoms with Crippen molar-refractivity contribution in [2.45, 2.75) is 25.3 Å². The Hall–Kier alpha value is -2.15. The summed E-state index contributed by atoms with van der Waals surface area (Å²) in [6.45, 7) is 0.904. The molecule has 0 spiro atoms. The first-order chi connectivity index (χ1) is 11.5. The van der Waals surface area contributed by atoms with Gasteiger partial charge >= 0.3 is 6.03 Å². The molecule has 1 aromatic rings. The van der Waals surface area contributed by atoms with Crippen molar-refractivity contribution in [1.29, 1.82) is 0 Å². The Morgan fingerprint density at radius 1 is 1.38 bits per heavy atom.